The predicted octanol–water partition coefficient (Wildman–Crippen LogP) is 10.8. The van der Waals surface area contributed by atoms with Gasteiger partial charge >= 0.3 is 0 Å². The Morgan fingerprint density at radius 3 is 2.21 bits per heavy atom. The Balaban J connectivity index is 1.28. The van der Waals surface area contributed by atoms with Crippen molar-refractivity contribution >= 4 is 54.6 Å². The van der Waals surface area contributed by atoms with E-state index in [9.17, 15) is 0 Å². The normalized spacial score (nSPS) is 11.9. The second kappa shape index (κ2) is 10.3. The third kappa shape index (κ3) is 3.85. The van der Waals surface area contributed by atoms with Gasteiger partial charge in [-0.3, -0.25) is 9.13 Å². The first-order valence-electron chi connectivity index (χ1n) is 16.3. The van der Waals surface area contributed by atoms with E-state index in [1.807, 2.05) is 18.3 Å². The molecule has 0 fully saturated rings. The zero-order valence-electron chi connectivity index (χ0n) is 26.2. The van der Waals surface area contributed by atoms with E-state index in [4.69, 9.17) is 9.97 Å². The summed E-state index contributed by atoms with van der Waals surface area (Å²) in [5.41, 5.74) is 12.1. The van der Waals surface area contributed by atoms with Crippen molar-refractivity contribution in [2.45, 2.75) is 6.92 Å². The number of hydrogen-bond acceptors (Lipinski definition) is 2. The molecule has 6 aromatic carbocycles. The van der Waals surface area contributed by atoms with Crippen molar-refractivity contribution in [3.63, 3.8) is 0 Å². The number of aromatic nitrogens is 5. The van der Waals surface area contributed by atoms with Crippen LogP contribution < -0.4 is 0 Å². The highest BCUT2D eigenvalue weighted by Crippen LogP contribution is 2.41. The number of fused-ring (bicyclic) bond motifs is 7. The topological polar surface area (TPSA) is 51.4 Å². The van der Waals surface area contributed by atoms with Crippen molar-refractivity contribution in [2.24, 2.45) is 0 Å². The van der Waals surface area contributed by atoms with Crippen LogP contribution in [0.2, 0.25) is 0 Å². The monoisotopic (exact) mass is 615 g/mol. The zero-order chi connectivity index (χ0) is 31.8. The molecule has 0 bridgehead atoms. The molecule has 226 valence electrons. The highest BCUT2D eigenvalue weighted by atomic mass is 15.1. The van der Waals surface area contributed by atoms with Crippen LogP contribution in [0.5, 0.6) is 0 Å². The molecule has 0 radical (unpaired) electrons. The summed E-state index contributed by atoms with van der Waals surface area (Å²) >= 11 is 0. The van der Waals surface area contributed by atoms with Crippen molar-refractivity contribution in [1.82, 2.24) is 24.1 Å². The molecule has 5 nitrogen and oxygen atoms in total. The minimum absolute atomic E-state index is 0.900. The summed E-state index contributed by atoms with van der Waals surface area (Å²) in [6.45, 7) is 2.18. The molecule has 1 N–H and O–H groups in total. The molecule has 0 amide bonds. The van der Waals surface area contributed by atoms with E-state index in [0.717, 1.165) is 67.1 Å². The van der Waals surface area contributed by atoms with Gasteiger partial charge in [0.2, 0.25) is 0 Å². The maximum Gasteiger partial charge on any atom is 0.147 e. The average Bonchev–Trinajstić information content (AvgIpc) is 3.83. The van der Waals surface area contributed by atoms with Gasteiger partial charge < -0.3 is 4.98 Å². The number of nitrogens with zero attached hydrogens (tertiary/aromatic N) is 4. The molecule has 48 heavy (non-hydrogen) atoms. The number of nitrogens with one attached hydrogen (secondary N) is 1. The van der Waals surface area contributed by atoms with E-state index < -0.39 is 0 Å². The van der Waals surface area contributed by atoms with Gasteiger partial charge in [-0.2, -0.15) is 0 Å². The number of rotatable bonds is 4. The summed E-state index contributed by atoms with van der Waals surface area (Å²) in [7, 11) is 0. The van der Waals surface area contributed by atoms with Gasteiger partial charge in [0.1, 0.15) is 11.6 Å². The SMILES string of the molecule is Cc1ccc(-c2ccc3c4ccccc4n(-c4ccccn4)c3c2)c2nc(-c3cccc4c3[nH]c3ccccc34)n(-c3ccccc3)c12. The lowest BCUT2D eigenvalue weighted by molar-refractivity contribution is 1.08. The molecule has 10 rings (SSSR count). The summed E-state index contributed by atoms with van der Waals surface area (Å²) in [4.78, 5) is 14.0. The predicted molar refractivity (Wildman–Crippen MR) is 198 cm³/mol. The number of imidazole rings is 1. The minimum atomic E-state index is 0.900. The Morgan fingerprint density at radius 2 is 1.33 bits per heavy atom. The molecule has 0 aliphatic rings. The quantitative estimate of drug-likeness (QED) is 0.214. The largest absolute Gasteiger partial charge is 0.354 e. The molecule has 0 aliphatic carbocycles. The third-order valence-electron chi connectivity index (χ3n) is 9.67. The van der Waals surface area contributed by atoms with Gasteiger partial charge in [0.25, 0.3) is 0 Å². The number of hydrogen-bond donors (Lipinski definition) is 1. The molecule has 0 spiro atoms. The fraction of sp³-hybridized carbons (Fsp3) is 0.0233. The van der Waals surface area contributed by atoms with Crippen LogP contribution >= 0.6 is 0 Å². The Morgan fingerprint density at radius 1 is 0.562 bits per heavy atom. The van der Waals surface area contributed by atoms with Gasteiger partial charge in [-0.25, -0.2) is 9.97 Å². The molecule has 0 aliphatic heterocycles. The summed E-state index contributed by atoms with van der Waals surface area (Å²) in [6.07, 6.45) is 1.86. The van der Waals surface area contributed by atoms with Crippen molar-refractivity contribution in [2.75, 3.05) is 0 Å². The summed E-state index contributed by atoms with van der Waals surface area (Å²) < 4.78 is 4.60. The highest BCUT2D eigenvalue weighted by molar-refractivity contribution is 6.13. The fourth-order valence-corrected chi connectivity index (χ4v) is 7.51. The Hall–Kier alpha value is -6.46. The molecule has 0 saturated carbocycles. The number of aromatic amines is 1. The lowest BCUT2D eigenvalue weighted by Crippen LogP contribution is -1.99. The highest BCUT2D eigenvalue weighted by Gasteiger charge is 2.22. The van der Waals surface area contributed by atoms with Gasteiger partial charge in [0.05, 0.1) is 27.6 Å². The zero-order valence-corrected chi connectivity index (χ0v) is 26.2. The van der Waals surface area contributed by atoms with E-state index >= 15 is 0 Å². The third-order valence-corrected chi connectivity index (χ3v) is 9.67. The van der Waals surface area contributed by atoms with Crippen molar-refractivity contribution < 1.29 is 0 Å². The molecular formula is C43H29N5. The fourth-order valence-electron chi connectivity index (χ4n) is 7.51. The van der Waals surface area contributed by atoms with Crippen molar-refractivity contribution in [1.29, 1.82) is 0 Å². The molecule has 0 atom stereocenters. The van der Waals surface area contributed by atoms with Crippen LogP contribution in [0.3, 0.4) is 0 Å². The van der Waals surface area contributed by atoms with Crippen LogP contribution in [-0.4, -0.2) is 24.1 Å². The van der Waals surface area contributed by atoms with E-state index in [1.54, 1.807) is 0 Å². The molecule has 4 heterocycles. The number of H-pyrrole nitrogens is 1. The molecule has 10 aromatic rings. The van der Waals surface area contributed by atoms with Crippen molar-refractivity contribution in [3.8, 4) is 34.0 Å². The molecule has 0 unspecified atom stereocenters. The van der Waals surface area contributed by atoms with Gasteiger partial charge in [0.15, 0.2) is 0 Å². The Bertz CT molecular complexity index is 2840. The lowest BCUT2D eigenvalue weighted by Gasteiger charge is -2.12. The maximum atomic E-state index is 5.54. The van der Waals surface area contributed by atoms with E-state index in [1.165, 1.54) is 27.1 Å². The summed E-state index contributed by atoms with van der Waals surface area (Å²) in [5, 5.41) is 4.81. The lowest BCUT2D eigenvalue weighted by atomic mass is 10.00. The smallest absolute Gasteiger partial charge is 0.147 e. The molecule has 0 saturated heterocycles. The van der Waals surface area contributed by atoms with Crippen LogP contribution in [0.4, 0.5) is 0 Å². The number of benzene rings is 6. The van der Waals surface area contributed by atoms with Gasteiger partial charge in [-0.1, -0.05) is 97.1 Å². The van der Waals surface area contributed by atoms with Gasteiger partial charge in [-0.05, 0) is 66.6 Å². The summed E-state index contributed by atoms with van der Waals surface area (Å²) in [6, 6.07) is 51.5. The average molecular weight is 616 g/mol. The first kappa shape index (κ1) is 26.7. The van der Waals surface area contributed by atoms with Crippen LogP contribution in [0.15, 0.2) is 152 Å². The Labute approximate surface area is 276 Å². The number of aryl methyl sites for hydroxylation is 1. The first-order chi connectivity index (χ1) is 23.7. The number of pyridine rings is 1. The Kier molecular flexibility index (Phi) is 5.72. The molecular weight excluding hydrogens is 587 g/mol. The second-order valence-electron chi connectivity index (χ2n) is 12.4. The van der Waals surface area contributed by atoms with Gasteiger partial charge in [0, 0.05) is 50.1 Å². The second-order valence-corrected chi connectivity index (χ2v) is 12.4. The van der Waals surface area contributed by atoms with Gasteiger partial charge in [-0.15, -0.1) is 0 Å². The van der Waals surface area contributed by atoms with E-state index in [0.29, 0.717) is 0 Å². The van der Waals surface area contributed by atoms with Crippen LogP contribution in [0.25, 0.3) is 88.7 Å². The number of para-hydroxylation sites is 4. The van der Waals surface area contributed by atoms with Crippen molar-refractivity contribution in [3.05, 3.63) is 157 Å². The standard InChI is InChI=1S/C43H29N5/c1-27-21-23-30(28-22-24-33-32-15-6-8-19-37(32)48(38(33)26-28)39-20-9-10-25-44-39)41-42(27)47(29-12-3-2-4-13-29)43(46-41)35-17-11-16-34-31-14-5-7-18-36(31)45-40(34)35/h2-26,45H,1H3. The van der Waals surface area contributed by atoms with E-state index in [-0.39, 0.29) is 0 Å². The van der Waals surface area contributed by atoms with Crippen LogP contribution in [0, 0.1) is 6.92 Å². The first-order valence-corrected chi connectivity index (χ1v) is 16.3. The minimum Gasteiger partial charge on any atom is -0.354 e. The van der Waals surface area contributed by atoms with E-state index in [2.05, 4.69) is 155 Å². The van der Waals surface area contributed by atoms with Crippen LogP contribution in [-0.2, 0) is 0 Å². The maximum absolute atomic E-state index is 5.54. The summed E-state index contributed by atoms with van der Waals surface area (Å²) in [5.74, 6) is 1.81. The van der Waals surface area contributed by atoms with Crippen LogP contribution in [0.1, 0.15) is 5.56 Å². The molecule has 4 aromatic heterocycles. The molecule has 5 heteroatoms.